The summed E-state index contributed by atoms with van der Waals surface area (Å²) in [6.07, 6.45) is 4.62. The van der Waals surface area contributed by atoms with Crippen molar-refractivity contribution >= 4 is 9.84 Å². The van der Waals surface area contributed by atoms with Crippen molar-refractivity contribution in [3.63, 3.8) is 0 Å². The van der Waals surface area contributed by atoms with Crippen molar-refractivity contribution < 1.29 is 8.42 Å². The van der Waals surface area contributed by atoms with E-state index in [0.717, 1.165) is 31.5 Å². The zero-order chi connectivity index (χ0) is 13.2. The average molecular weight is 268 g/mol. The lowest BCUT2D eigenvalue weighted by atomic mass is 9.78. The topological polar surface area (TPSA) is 72.2 Å². The van der Waals surface area contributed by atoms with E-state index in [9.17, 15) is 8.42 Å². The molecule has 5 heteroatoms. The van der Waals surface area contributed by atoms with Crippen LogP contribution in [0.5, 0.6) is 0 Å². The van der Waals surface area contributed by atoms with Gasteiger partial charge in [0.05, 0.1) is 4.90 Å². The molecule has 1 aliphatic rings. The van der Waals surface area contributed by atoms with Gasteiger partial charge in [0.15, 0.2) is 9.84 Å². The molecule has 1 fully saturated rings. The summed E-state index contributed by atoms with van der Waals surface area (Å²) in [7, 11) is -3.10. The van der Waals surface area contributed by atoms with Gasteiger partial charge in [-0.3, -0.25) is 0 Å². The van der Waals surface area contributed by atoms with Gasteiger partial charge in [-0.1, -0.05) is 12.1 Å². The molecule has 1 aliphatic carbocycles. The Morgan fingerprint density at radius 2 is 1.89 bits per heavy atom. The zero-order valence-corrected chi connectivity index (χ0v) is 11.5. The molecule has 0 radical (unpaired) electrons. The fourth-order valence-electron chi connectivity index (χ4n) is 2.12. The quantitative estimate of drug-likeness (QED) is 0.837. The molecule has 0 heterocycles. The van der Waals surface area contributed by atoms with Crippen LogP contribution in [0.3, 0.4) is 0 Å². The maximum absolute atomic E-state index is 11.3. The molecule has 100 valence electrons. The minimum atomic E-state index is -3.10. The molecular formula is C13H20N2O2S. The molecule has 0 atom stereocenters. The summed E-state index contributed by atoms with van der Waals surface area (Å²) in [5.74, 6) is 0. The van der Waals surface area contributed by atoms with E-state index in [4.69, 9.17) is 5.73 Å². The summed E-state index contributed by atoms with van der Waals surface area (Å²) < 4.78 is 22.6. The van der Waals surface area contributed by atoms with Crippen LogP contribution in [0.15, 0.2) is 29.2 Å². The molecule has 0 bridgehead atoms. The highest BCUT2D eigenvalue weighted by molar-refractivity contribution is 7.90. The molecule has 0 aromatic heterocycles. The van der Waals surface area contributed by atoms with E-state index in [2.05, 4.69) is 5.32 Å². The summed E-state index contributed by atoms with van der Waals surface area (Å²) in [5.41, 5.74) is 7.16. The Labute approximate surface area is 108 Å². The van der Waals surface area contributed by atoms with Crippen LogP contribution in [0, 0.1) is 0 Å². The van der Waals surface area contributed by atoms with Crippen LogP contribution in [0.2, 0.25) is 0 Å². The van der Waals surface area contributed by atoms with Crippen LogP contribution in [0.4, 0.5) is 0 Å². The second-order valence-electron chi connectivity index (χ2n) is 5.24. The molecule has 0 saturated heterocycles. The lowest BCUT2D eigenvalue weighted by molar-refractivity contribution is 0.239. The van der Waals surface area contributed by atoms with Crippen LogP contribution in [-0.2, 0) is 16.4 Å². The van der Waals surface area contributed by atoms with Gasteiger partial charge < -0.3 is 11.1 Å². The van der Waals surface area contributed by atoms with Crippen LogP contribution in [0.1, 0.15) is 24.8 Å². The second kappa shape index (κ2) is 4.99. The molecule has 4 nitrogen and oxygen atoms in total. The smallest absolute Gasteiger partial charge is 0.175 e. The van der Waals surface area contributed by atoms with Gasteiger partial charge in [-0.25, -0.2) is 8.42 Å². The first-order valence-electron chi connectivity index (χ1n) is 6.18. The van der Waals surface area contributed by atoms with Crippen molar-refractivity contribution in [1.82, 2.24) is 5.32 Å². The molecule has 1 aromatic carbocycles. The average Bonchev–Trinajstić information content (AvgIpc) is 2.26. The summed E-state index contributed by atoms with van der Waals surface area (Å²) in [5, 5.41) is 3.33. The van der Waals surface area contributed by atoms with Gasteiger partial charge in [0.1, 0.15) is 0 Å². The van der Waals surface area contributed by atoms with Gasteiger partial charge in [-0.15, -0.1) is 0 Å². The Hall–Kier alpha value is -0.910. The summed E-state index contributed by atoms with van der Waals surface area (Å²) in [6.45, 7) is 1.55. The number of rotatable bonds is 5. The van der Waals surface area contributed by atoms with Crippen LogP contribution >= 0.6 is 0 Å². The van der Waals surface area contributed by atoms with Gasteiger partial charge in [-0.2, -0.15) is 0 Å². The number of benzene rings is 1. The first-order chi connectivity index (χ1) is 8.39. The van der Waals surface area contributed by atoms with E-state index in [0.29, 0.717) is 4.90 Å². The van der Waals surface area contributed by atoms with E-state index in [1.807, 2.05) is 12.1 Å². The molecule has 1 aromatic rings. The Kier molecular flexibility index (Phi) is 3.75. The molecule has 1 saturated carbocycles. The normalized spacial score (nSPS) is 18.3. The Morgan fingerprint density at radius 3 is 2.33 bits per heavy atom. The van der Waals surface area contributed by atoms with Gasteiger partial charge in [-0.05, 0) is 37.0 Å². The van der Waals surface area contributed by atoms with Crippen LogP contribution < -0.4 is 11.1 Å². The number of hydrogen-bond acceptors (Lipinski definition) is 4. The molecule has 18 heavy (non-hydrogen) atoms. The standard InChI is InChI=1S/C13H20N2O2S/c1-18(16,17)12-5-3-11(4-6-12)9-15-10-13(14)7-2-8-13/h3-6,15H,2,7-10,14H2,1H3. The highest BCUT2D eigenvalue weighted by Crippen LogP contribution is 2.28. The Morgan fingerprint density at radius 1 is 1.28 bits per heavy atom. The molecule has 0 unspecified atom stereocenters. The maximum Gasteiger partial charge on any atom is 0.175 e. The largest absolute Gasteiger partial charge is 0.324 e. The van der Waals surface area contributed by atoms with Crippen LogP contribution in [0.25, 0.3) is 0 Å². The molecule has 0 spiro atoms. The molecule has 0 aliphatic heterocycles. The third-order valence-electron chi connectivity index (χ3n) is 3.51. The number of nitrogens with one attached hydrogen (secondary N) is 1. The number of nitrogens with two attached hydrogens (primary N) is 1. The monoisotopic (exact) mass is 268 g/mol. The molecule has 3 N–H and O–H groups in total. The summed E-state index contributed by atoms with van der Waals surface area (Å²) >= 11 is 0. The van der Waals surface area contributed by atoms with Gasteiger partial charge in [0.2, 0.25) is 0 Å². The summed E-state index contributed by atoms with van der Waals surface area (Å²) in [6, 6.07) is 6.97. The highest BCUT2D eigenvalue weighted by atomic mass is 32.2. The van der Waals surface area contributed by atoms with E-state index < -0.39 is 9.84 Å². The second-order valence-corrected chi connectivity index (χ2v) is 7.25. The predicted molar refractivity (Wildman–Crippen MR) is 72.0 cm³/mol. The van der Waals surface area contributed by atoms with Crippen molar-refractivity contribution in [2.24, 2.45) is 5.73 Å². The van der Waals surface area contributed by atoms with E-state index in [-0.39, 0.29) is 5.54 Å². The lowest BCUT2D eigenvalue weighted by Gasteiger charge is -2.38. The van der Waals surface area contributed by atoms with Crippen LogP contribution in [-0.4, -0.2) is 26.8 Å². The minimum absolute atomic E-state index is 0.0211. The maximum atomic E-state index is 11.3. The SMILES string of the molecule is CS(=O)(=O)c1ccc(CNCC2(N)CCC2)cc1. The zero-order valence-electron chi connectivity index (χ0n) is 10.6. The lowest BCUT2D eigenvalue weighted by Crippen LogP contribution is -2.53. The van der Waals surface area contributed by atoms with Gasteiger partial charge in [0.25, 0.3) is 0 Å². The number of hydrogen-bond donors (Lipinski definition) is 2. The van der Waals surface area contributed by atoms with Crippen molar-refractivity contribution in [3.05, 3.63) is 29.8 Å². The molecule has 2 rings (SSSR count). The summed E-state index contributed by atoms with van der Waals surface area (Å²) in [4.78, 5) is 0.362. The van der Waals surface area contributed by atoms with E-state index >= 15 is 0 Å². The third kappa shape index (κ3) is 3.31. The van der Waals surface area contributed by atoms with Gasteiger partial charge >= 0.3 is 0 Å². The molecule has 0 amide bonds. The minimum Gasteiger partial charge on any atom is -0.324 e. The first kappa shape index (κ1) is 13.5. The van der Waals surface area contributed by atoms with Crippen molar-refractivity contribution in [3.8, 4) is 0 Å². The number of sulfone groups is 1. The van der Waals surface area contributed by atoms with Crippen molar-refractivity contribution in [2.45, 2.75) is 36.2 Å². The first-order valence-corrected chi connectivity index (χ1v) is 8.07. The fraction of sp³-hybridized carbons (Fsp3) is 0.538. The third-order valence-corrected chi connectivity index (χ3v) is 4.64. The Bertz CT molecular complexity index is 504. The highest BCUT2D eigenvalue weighted by Gasteiger charge is 2.31. The predicted octanol–water partition coefficient (Wildman–Crippen LogP) is 1.06. The Balaban J connectivity index is 1.87. The molecular weight excluding hydrogens is 248 g/mol. The van der Waals surface area contributed by atoms with E-state index in [1.54, 1.807) is 12.1 Å². The van der Waals surface area contributed by atoms with Crippen molar-refractivity contribution in [1.29, 1.82) is 0 Å². The van der Waals surface area contributed by atoms with Crippen molar-refractivity contribution in [2.75, 3.05) is 12.8 Å². The van der Waals surface area contributed by atoms with E-state index in [1.165, 1.54) is 12.7 Å². The fourth-order valence-corrected chi connectivity index (χ4v) is 2.75. The van der Waals surface area contributed by atoms with Gasteiger partial charge in [0, 0.05) is 24.9 Å².